The van der Waals surface area contributed by atoms with Gasteiger partial charge < -0.3 is 4.57 Å². The molecule has 4 rings (SSSR count). The van der Waals surface area contributed by atoms with Crippen LogP contribution in [0.2, 0.25) is 0 Å². The van der Waals surface area contributed by atoms with Crippen molar-refractivity contribution in [1.29, 1.82) is 0 Å². The summed E-state index contributed by atoms with van der Waals surface area (Å²) in [4.78, 5) is 61.7. The fraction of sp³-hybridized carbons (Fsp3) is 0.158. The largest absolute Gasteiger partial charge is 0.327 e. The Morgan fingerprint density at radius 2 is 1.87 bits per heavy atom. The van der Waals surface area contributed by atoms with Gasteiger partial charge >= 0.3 is 5.69 Å². The highest BCUT2D eigenvalue weighted by atomic mass is 32.1. The van der Waals surface area contributed by atoms with Gasteiger partial charge in [0.2, 0.25) is 5.78 Å². The number of nitrogens with zero attached hydrogens (tertiary/aromatic N) is 3. The van der Waals surface area contributed by atoms with Crippen molar-refractivity contribution >= 4 is 39.3 Å². The Kier molecular flexibility index (Phi) is 4.66. The van der Waals surface area contributed by atoms with Crippen molar-refractivity contribution < 1.29 is 9.59 Å². The number of aromatic nitrogens is 5. The zero-order valence-corrected chi connectivity index (χ0v) is 16.7. The predicted octanol–water partition coefficient (Wildman–Crippen LogP) is 1.47. The third-order valence-corrected chi connectivity index (χ3v) is 5.35. The van der Waals surface area contributed by atoms with E-state index < -0.39 is 22.7 Å². The Hall–Kier alpha value is -3.86. The molecule has 0 atom stereocenters. The topological polar surface area (TPSA) is 143 Å². The summed E-state index contributed by atoms with van der Waals surface area (Å²) in [5.74, 6) is -0.708. The summed E-state index contributed by atoms with van der Waals surface area (Å²) in [6.07, 6.45) is 1.31. The van der Waals surface area contributed by atoms with Crippen LogP contribution in [-0.4, -0.2) is 36.2 Å². The summed E-state index contributed by atoms with van der Waals surface area (Å²) in [6, 6.07) is 8.71. The number of carbonyl (C=O) groups is 2. The van der Waals surface area contributed by atoms with E-state index in [0.29, 0.717) is 5.56 Å². The van der Waals surface area contributed by atoms with Crippen LogP contribution in [0.25, 0.3) is 11.2 Å². The van der Waals surface area contributed by atoms with Crippen LogP contribution in [0, 0.1) is 0 Å². The summed E-state index contributed by atoms with van der Waals surface area (Å²) >= 11 is 1.12. The molecule has 4 aromatic rings. The number of hydrogen-bond acceptors (Lipinski definition) is 7. The average molecular weight is 424 g/mol. The molecule has 10 nitrogen and oxygen atoms in total. The highest BCUT2D eigenvalue weighted by Crippen LogP contribution is 2.24. The minimum absolute atomic E-state index is 0.0143. The van der Waals surface area contributed by atoms with E-state index in [-0.39, 0.29) is 27.8 Å². The van der Waals surface area contributed by atoms with Gasteiger partial charge in [0.05, 0.1) is 6.33 Å². The molecule has 0 bridgehead atoms. The molecule has 0 spiro atoms. The van der Waals surface area contributed by atoms with Crippen molar-refractivity contribution in [3.8, 4) is 0 Å². The van der Waals surface area contributed by atoms with E-state index in [1.165, 1.54) is 10.9 Å². The molecule has 0 saturated heterocycles. The Balaban J connectivity index is 1.60. The molecule has 30 heavy (non-hydrogen) atoms. The van der Waals surface area contributed by atoms with Crippen molar-refractivity contribution in [1.82, 2.24) is 24.5 Å². The van der Waals surface area contributed by atoms with E-state index in [0.717, 1.165) is 11.3 Å². The van der Waals surface area contributed by atoms with Crippen LogP contribution in [-0.2, 0) is 10.3 Å². The number of rotatable bonds is 5. The van der Waals surface area contributed by atoms with Gasteiger partial charge in [-0.15, -0.1) is 11.3 Å². The molecule has 0 saturated carbocycles. The second kappa shape index (κ2) is 7.19. The minimum Gasteiger partial charge on any atom is -0.302 e. The lowest BCUT2D eigenvalue weighted by atomic mass is 10.0. The summed E-state index contributed by atoms with van der Waals surface area (Å²) in [6.45, 7) is 3.21. The standard InChI is InChI=1S/C19H16N6O4S/c1-19(2,25-9-20-12-14(25)22-17(29)23-15(12)27)16(28)24-18-21-11(8-30-18)13(26)10-6-4-3-5-7-10/h3-9H,1-2H3,(H,21,24,28)(H2,22,23,27,29). The van der Waals surface area contributed by atoms with Crippen LogP contribution in [0.4, 0.5) is 5.13 Å². The number of amides is 1. The number of aromatic amines is 2. The van der Waals surface area contributed by atoms with E-state index in [4.69, 9.17) is 0 Å². The number of anilines is 1. The number of ketones is 1. The van der Waals surface area contributed by atoms with Gasteiger partial charge in [0, 0.05) is 10.9 Å². The van der Waals surface area contributed by atoms with Crippen LogP contribution in [0.1, 0.15) is 29.9 Å². The Morgan fingerprint density at radius 1 is 1.13 bits per heavy atom. The number of H-pyrrole nitrogens is 2. The number of benzene rings is 1. The Labute approximate surface area is 172 Å². The van der Waals surface area contributed by atoms with Gasteiger partial charge in [0.1, 0.15) is 16.9 Å². The molecule has 1 aromatic carbocycles. The molecule has 0 radical (unpaired) electrons. The normalized spacial score (nSPS) is 11.5. The zero-order valence-electron chi connectivity index (χ0n) is 15.9. The first-order valence-corrected chi connectivity index (χ1v) is 9.72. The van der Waals surface area contributed by atoms with Crippen molar-refractivity contribution in [2.75, 3.05) is 5.32 Å². The first kappa shape index (κ1) is 19.5. The second-order valence-corrected chi connectivity index (χ2v) is 7.82. The molecule has 0 fully saturated rings. The molecule has 3 heterocycles. The van der Waals surface area contributed by atoms with Crippen LogP contribution < -0.4 is 16.6 Å². The van der Waals surface area contributed by atoms with Crippen molar-refractivity contribution in [3.63, 3.8) is 0 Å². The van der Waals surface area contributed by atoms with Crippen LogP contribution in [0.3, 0.4) is 0 Å². The van der Waals surface area contributed by atoms with Crippen molar-refractivity contribution in [2.45, 2.75) is 19.4 Å². The van der Waals surface area contributed by atoms with E-state index in [1.807, 2.05) is 6.07 Å². The SMILES string of the molecule is CC(C)(C(=O)Nc1nc(C(=O)c2ccccc2)cs1)n1cnc2c(=O)[nH]c(=O)[nH]c21. The number of nitrogens with one attached hydrogen (secondary N) is 3. The van der Waals surface area contributed by atoms with Gasteiger partial charge in [-0.05, 0) is 13.8 Å². The first-order chi connectivity index (χ1) is 14.3. The average Bonchev–Trinajstić information content (AvgIpc) is 3.35. The third kappa shape index (κ3) is 3.35. The molecule has 152 valence electrons. The number of thiazole rings is 1. The van der Waals surface area contributed by atoms with Crippen LogP contribution in [0.5, 0.6) is 0 Å². The lowest BCUT2D eigenvalue weighted by molar-refractivity contribution is -0.122. The van der Waals surface area contributed by atoms with Gasteiger partial charge in [0.15, 0.2) is 10.6 Å². The van der Waals surface area contributed by atoms with Crippen molar-refractivity contribution in [3.05, 3.63) is 74.1 Å². The number of hydrogen-bond donors (Lipinski definition) is 3. The van der Waals surface area contributed by atoms with Crippen LogP contribution >= 0.6 is 11.3 Å². The molecule has 0 aliphatic rings. The first-order valence-electron chi connectivity index (χ1n) is 8.84. The Bertz CT molecular complexity index is 1380. The lowest BCUT2D eigenvalue weighted by Crippen LogP contribution is -2.40. The van der Waals surface area contributed by atoms with Gasteiger partial charge in [-0.3, -0.25) is 29.7 Å². The number of carbonyl (C=O) groups excluding carboxylic acids is 2. The van der Waals surface area contributed by atoms with Crippen LogP contribution in [0.15, 0.2) is 51.6 Å². The highest BCUT2D eigenvalue weighted by molar-refractivity contribution is 7.14. The fourth-order valence-corrected chi connectivity index (χ4v) is 3.58. The van der Waals surface area contributed by atoms with E-state index >= 15 is 0 Å². The quantitative estimate of drug-likeness (QED) is 0.414. The minimum atomic E-state index is -1.22. The maximum absolute atomic E-state index is 12.9. The van der Waals surface area contributed by atoms with Gasteiger partial charge in [-0.2, -0.15) is 0 Å². The molecule has 0 aliphatic carbocycles. The second-order valence-electron chi connectivity index (χ2n) is 6.97. The predicted molar refractivity (Wildman–Crippen MR) is 111 cm³/mol. The van der Waals surface area contributed by atoms with Gasteiger partial charge in [-0.1, -0.05) is 30.3 Å². The molecule has 0 unspecified atom stereocenters. The molecule has 11 heteroatoms. The molecule has 3 aromatic heterocycles. The van der Waals surface area contributed by atoms with Gasteiger partial charge in [0.25, 0.3) is 11.5 Å². The van der Waals surface area contributed by atoms with E-state index in [9.17, 15) is 19.2 Å². The summed E-state index contributed by atoms with van der Waals surface area (Å²) in [5, 5.41) is 4.50. The monoisotopic (exact) mass is 424 g/mol. The summed E-state index contributed by atoms with van der Waals surface area (Å²) in [7, 11) is 0. The molecule has 1 amide bonds. The van der Waals surface area contributed by atoms with E-state index in [2.05, 4.69) is 25.3 Å². The zero-order chi connectivity index (χ0) is 21.5. The summed E-state index contributed by atoms with van der Waals surface area (Å²) in [5.41, 5.74) is -1.70. The molecular formula is C19H16N6O4S. The maximum atomic E-state index is 12.9. The van der Waals surface area contributed by atoms with Crippen molar-refractivity contribution in [2.24, 2.45) is 0 Å². The smallest absolute Gasteiger partial charge is 0.302 e. The third-order valence-electron chi connectivity index (χ3n) is 4.59. The Morgan fingerprint density at radius 3 is 2.60 bits per heavy atom. The molecule has 0 aliphatic heterocycles. The maximum Gasteiger partial charge on any atom is 0.327 e. The number of fused-ring (bicyclic) bond motifs is 1. The number of imidazole rings is 1. The fourth-order valence-electron chi connectivity index (χ4n) is 2.89. The highest BCUT2D eigenvalue weighted by Gasteiger charge is 2.32. The van der Waals surface area contributed by atoms with Gasteiger partial charge in [-0.25, -0.2) is 14.8 Å². The van der Waals surface area contributed by atoms with E-state index in [1.54, 1.807) is 43.5 Å². The molecular weight excluding hydrogens is 408 g/mol. The summed E-state index contributed by atoms with van der Waals surface area (Å²) < 4.78 is 1.40. The molecule has 3 N–H and O–H groups in total. The lowest BCUT2D eigenvalue weighted by Gasteiger charge is -2.25.